The third kappa shape index (κ3) is 2.31. The van der Waals surface area contributed by atoms with E-state index in [1.165, 1.54) is 6.20 Å². The molecule has 0 aromatic heterocycles. The molecular formula is C11H16N2O3. The molecule has 2 atom stereocenters. The fourth-order valence-electron chi connectivity index (χ4n) is 1.83. The molecule has 1 fully saturated rings. The van der Waals surface area contributed by atoms with E-state index in [0.29, 0.717) is 0 Å². The predicted octanol–water partition coefficient (Wildman–Crippen LogP) is 0.517. The zero-order chi connectivity index (χ0) is 11.7. The molecule has 1 aliphatic heterocycles. The molecule has 0 aromatic rings. The second kappa shape index (κ2) is 4.35. The van der Waals surface area contributed by atoms with Gasteiger partial charge in [-0.3, -0.25) is 9.89 Å². The number of ether oxygens (including phenoxy) is 1. The van der Waals surface area contributed by atoms with Crippen molar-refractivity contribution in [1.82, 2.24) is 4.90 Å². The largest absolute Gasteiger partial charge is 0.478 e. The topological polar surface area (TPSA) is 62.1 Å². The highest BCUT2D eigenvalue weighted by atomic mass is 16.5. The number of hydrogen-bond acceptors (Lipinski definition) is 4. The summed E-state index contributed by atoms with van der Waals surface area (Å²) in [6.07, 6.45) is 5.26. The molecule has 16 heavy (non-hydrogen) atoms. The quantitative estimate of drug-likeness (QED) is 0.756. The highest BCUT2D eigenvalue weighted by molar-refractivity contribution is 5.90. The SMILES string of the molecule is CN(C)C1C(C(=O)O)=CN=CC1OC1CC1. The highest BCUT2D eigenvalue weighted by Crippen LogP contribution is 2.28. The van der Waals surface area contributed by atoms with Gasteiger partial charge in [0.2, 0.25) is 0 Å². The number of carboxylic acid groups (broad SMARTS) is 1. The van der Waals surface area contributed by atoms with Gasteiger partial charge in [0.15, 0.2) is 0 Å². The van der Waals surface area contributed by atoms with Crippen LogP contribution in [0.1, 0.15) is 12.8 Å². The van der Waals surface area contributed by atoms with Crippen molar-refractivity contribution in [3.05, 3.63) is 11.8 Å². The molecule has 0 amide bonds. The molecule has 1 heterocycles. The second-order valence-electron chi connectivity index (χ2n) is 4.40. The summed E-state index contributed by atoms with van der Waals surface area (Å²) in [5.74, 6) is -0.931. The van der Waals surface area contributed by atoms with Crippen LogP contribution in [-0.4, -0.2) is 54.5 Å². The van der Waals surface area contributed by atoms with Gasteiger partial charge >= 0.3 is 5.97 Å². The molecular weight excluding hydrogens is 208 g/mol. The normalized spacial score (nSPS) is 29.3. The maximum Gasteiger partial charge on any atom is 0.334 e. The fraction of sp³-hybridized carbons (Fsp3) is 0.636. The first-order chi connectivity index (χ1) is 7.59. The lowest BCUT2D eigenvalue weighted by Crippen LogP contribution is -2.46. The van der Waals surface area contributed by atoms with Gasteiger partial charge in [0.05, 0.1) is 17.7 Å². The van der Waals surface area contributed by atoms with E-state index in [9.17, 15) is 4.79 Å². The zero-order valence-electron chi connectivity index (χ0n) is 9.46. The molecule has 1 saturated carbocycles. The number of rotatable bonds is 4. The number of aliphatic imine (C=N–C) groups is 1. The summed E-state index contributed by atoms with van der Waals surface area (Å²) in [5.41, 5.74) is 0.290. The molecule has 0 bridgehead atoms. The molecule has 1 aliphatic carbocycles. The summed E-state index contributed by atoms with van der Waals surface area (Å²) in [4.78, 5) is 16.9. The van der Waals surface area contributed by atoms with Crippen LogP contribution in [-0.2, 0) is 9.53 Å². The van der Waals surface area contributed by atoms with Crippen LogP contribution in [0, 0.1) is 0 Å². The number of nitrogens with zero attached hydrogens (tertiary/aromatic N) is 2. The van der Waals surface area contributed by atoms with Gasteiger partial charge in [0, 0.05) is 12.4 Å². The molecule has 0 radical (unpaired) electrons. The van der Waals surface area contributed by atoms with Crippen LogP contribution in [0.4, 0.5) is 0 Å². The summed E-state index contributed by atoms with van der Waals surface area (Å²) in [6, 6.07) is -0.254. The average Bonchev–Trinajstić information content (AvgIpc) is 3.00. The van der Waals surface area contributed by atoms with E-state index in [2.05, 4.69) is 4.99 Å². The van der Waals surface area contributed by atoms with Gasteiger partial charge in [-0.25, -0.2) is 4.79 Å². The Morgan fingerprint density at radius 1 is 1.56 bits per heavy atom. The summed E-state index contributed by atoms with van der Waals surface area (Å²) < 4.78 is 5.76. The van der Waals surface area contributed by atoms with E-state index in [4.69, 9.17) is 9.84 Å². The maximum absolute atomic E-state index is 11.1. The molecule has 1 N–H and O–H groups in total. The number of likely N-dealkylation sites (N-methyl/N-ethyl adjacent to an activating group) is 1. The lowest BCUT2D eigenvalue weighted by Gasteiger charge is -2.32. The van der Waals surface area contributed by atoms with Crippen molar-refractivity contribution < 1.29 is 14.6 Å². The number of carbonyl (C=O) groups is 1. The van der Waals surface area contributed by atoms with Crippen LogP contribution < -0.4 is 0 Å². The Hall–Kier alpha value is -1.20. The van der Waals surface area contributed by atoms with E-state index in [0.717, 1.165) is 12.8 Å². The van der Waals surface area contributed by atoms with Crippen LogP contribution in [0.15, 0.2) is 16.8 Å². The van der Waals surface area contributed by atoms with E-state index >= 15 is 0 Å². The van der Waals surface area contributed by atoms with Crippen molar-refractivity contribution in [2.24, 2.45) is 4.99 Å². The van der Waals surface area contributed by atoms with Crippen molar-refractivity contribution in [2.45, 2.75) is 31.1 Å². The summed E-state index contributed by atoms with van der Waals surface area (Å²) in [7, 11) is 3.70. The highest BCUT2D eigenvalue weighted by Gasteiger charge is 2.36. The van der Waals surface area contributed by atoms with Crippen molar-refractivity contribution in [3.8, 4) is 0 Å². The van der Waals surface area contributed by atoms with Gasteiger partial charge in [0.25, 0.3) is 0 Å². The first-order valence-electron chi connectivity index (χ1n) is 5.38. The first kappa shape index (κ1) is 11.3. The van der Waals surface area contributed by atoms with Crippen molar-refractivity contribution in [3.63, 3.8) is 0 Å². The van der Waals surface area contributed by atoms with Crippen molar-refractivity contribution >= 4 is 12.2 Å². The van der Waals surface area contributed by atoms with E-state index in [1.54, 1.807) is 6.21 Å². The molecule has 2 rings (SSSR count). The molecule has 0 spiro atoms. The van der Waals surface area contributed by atoms with Crippen LogP contribution in [0.3, 0.4) is 0 Å². The smallest absolute Gasteiger partial charge is 0.334 e. The zero-order valence-corrected chi connectivity index (χ0v) is 9.46. The first-order valence-corrected chi connectivity index (χ1v) is 5.38. The molecule has 5 heteroatoms. The van der Waals surface area contributed by atoms with Gasteiger partial charge in [0.1, 0.15) is 6.10 Å². The Labute approximate surface area is 94.4 Å². The summed E-state index contributed by atoms with van der Waals surface area (Å²) in [5, 5.41) is 9.10. The van der Waals surface area contributed by atoms with Gasteiger partial charge in [-0.2, -0.15) is 0 Å². The second-order valence-corrected chi connectivity index (χ2v) is 4.40. The molecule has 5 nitrogen and oxygen atoms in total. The summed E-state index contributed by atoms with van der Waals surface area (Å²) >= 11 is 0. The van der Waals surface area contributed by atoms with E-state index in [1.807, 2.05) is 19.0 Å². The Kier molecular flexibility index (Phi) is 3.07. The summed E-state index contributed by atoms with van der Waals surface area (Å²) in [6.45, 7) is 0. The van der Waals surface area contributed by atoms with Gasteiger partial charge in [-0.1, -0.05) is 0 Å². The molecule has 88 valence electrons. The number of aliphatic carboxylic acids is 1. The predicted molar refractivity (Wildman–Crippen MR) is 59.6 cm³/mol. The minimum atomic E-state index is -0.931. The maximum atomic E-state index is 11.1. The standard InChI is InChI=1S/C11H16N2O3/c1-13(2)10-8(11(14)15)5-12-6-9(10)16-7-3-4-7/h5-7,9-10H,3-4H2,1-2H3,(H,14,15). The van der Waals surface area contributed by atoms with Gasteiger partial charge < -0.3 is 9.84 Å². The van der Waals surface area contributed by atoms with Gasteiger partial charge in [-0.05, 0) is 26.9 Å². The molecule has 2 unspecified atom stereocenters. The van der Waals surface area contributed by atoms with Crippen LogP contribution in [0.25, 0.3) is 0 Å². The monoisotopic (exact) mass is 224 g/mol. The van der Waals surface area contributed by atoms with E-state index in [-0.39, 0.29) is 23.8 Å². The third-order valence-electron chi connectivity index (χ3n) is 2.75. The Morgan fingerprint density at radius 2 is 2.25 bits per heavy atom. The molecule has 0 saturated heterocycles. The number of carboxylic acids is 1. The van der Waals surface area contributed by atoms with Crippen LogP contribution in [0.2, 0.25) is 0 Å². The minimum Gasteiger partial charge on any atom is -0.478 e. The van der Waals surface area contributed by atoms with Crippen LogP contribution in [0.5, 0.6) is 0 Å². The Morgan fingerprint density at radius 3 is 2.75 bits per heavy atom. The molecule has 2 aliphatic rings. The Balaban J connectivity index is 2.16. The van der Waals surface area contributed by atoms with E-state index < -0.39 is 5.97 Å². The van der Waals surface area contributed by atoms with Gasteiger partial charge in [-0.15, -0.1) is 0 Å². The Bertz CT molecular complexity index is 345. The average molecular weight is 224 g/mol. The van der Waals surface area contributed by atoms with Crippen molar-refractivity contribution in [2.75, 3.05) is 14.1 Å². The van der Waals surface area contributed by atoms with Crippen molar-refractivity contribution in [1.29, 1.82) is 0 Å². The number of hydrogen-bond donors (Lipinski definition) is 1. The third-order valence-corrected chi connectivity index (χ3v) is 2.75. The fourth-order valence-corrected chi connectivity index (χ4v) is 1.83. The lowest BCUT2D eigenvalue weighted by atomic mass is 10.00. The minimum absolute atomic E-state index is 0.251. The van der Waals surface area contributed by atoms with Crippen LogP contribution >= 0.6 is 0 Å². The molecule has 0 aromatic carbocycles. The lowest BCUT2D eigenvalue weighted by molar-refractivity contribution is -0.134.